The van der Waals surface area contributed by atoms with Crippen LogP contribution in [0, 0.1) is 6.92 Å². The highest BCUT2D eigenvalue weighted by Crippen LogP contribution is 2.42. The van der Waals surface area contributed by atoms with Crippen LogP contribution in [0.4, 0.5) is 11.4 Å². The van der Waals surface area contributed by atoms with Crippen LogP contribution in [-0.4, -0.2) is 270 Å². The van der Waals surface area contributed by atoms with E-state index < -0.39 is 86.6 Å². The van der Waals surface area contributed by atoms with E-state index in [1.54, 1.807) is 76.1 Å². The van der Waals surface area contributed by atoms with Crippen LogP contribution in [0.1, 0.15) is 103 Å². The summed E-state index contributed by atoms with van der Waals surface area (Å²) < 4.78 is 136. The number of methoxy groups -OCH3 is 2. The van der Waals surface area contributed by atoms with Crippen molar-refractivity contribution in [2.75, 3.05) is 99.1 Å². The maximum Gasteiger partial charge on any atom is 0.501 e. The summed E-state index contributed by atoms with van der Waals surface area (Å²) in [4.78, 5) is 94.1. The second-order valence-corrected chi connectivity index (χ2v) is 33.1. The molecule has 42 heteroatoms. The Balaban J connectivity index is 0.556. The second kappa shape index (κ2) is 40.8. The molecule has 0 aliphatic carbocycles. The molecule has 5 aliphatic heterocycles. The summed E-state index contributed by atoms with van der Waals surface area (Å²) in [6.45, 7) is 3.35. The van der Waals surface area contributed by atoms with Crippen molar-refractivity contribution in [1.29, 1.82) is 0 Å². The molecule has 4 amide bonds. The van der Waals surface area contributed by atoms with Gasteiger partial charge in [0.05, 0.1) is 188 Å². The van der Waals surface area contributed by atoms with Crippen molar-refractivity contribution in [3.05, 3.63) is 195 Å². The molecule has 126 heavy (non-hydrogen) atoms. The Morgan fingerprint density at radius 3 is 1.71 bits per heavy atom. The number of fused-ring (bicyclic) bond motifs is 6. The number of rotatable bonds is 42. The van der Waals surface area contributed by atoms with Gasteiger partial charge in [-0.15, -0.1) is 13.5 Å². The lowest BCUT2D eigenvalue weighted by molar-refractivity contribution is -0.277. The topological polar surface area (TPSA) is 489 Å². The van der Waals surface area contributed by atoms with Gasteiger partial charge in [-0.25, -0.2) is 23.1 Å². The first-order valence-electron chi connectivity index (χ1n) is 40.2. The lowest BCUT2D eigenvalue weighted by atomic mass is 9.99. The van der Waals surface area contributed by atoms with Gasteiger partial charge in [0.2, 0.25) is 6.29 Å². The summed E-state index contributed by atoms with van der Waals surface area (Å²) in [5.41, 5.74) is 6.76. The Hall–Kier alpha value is -12.2. The number of carbonyl (C=O) groups excluding carboxylic acids is 5. The van der Waals surface area contributed by atoms with Gasteiger partial charge in [-0.05, 0) is 84.8 Å². The molecular weight excluding hydrogens is 1690 g/mol. The number of ketones is 1. The minimum absolute atomic E-state index is 0.0141. The van der Waals surface area contributed by atoms with E-state index in [2.05, 4.69) is 35.9 Å². The zero-order valence-electron chi connectivity index (χ0n) is 69.3. The van der Waals surface area contributed by atoms with Gasteiger partial charge in [-0.2, -0.15) is 0 Å². The van der Waals surface area contributed by atoms with Crippen LogP contribution in [-0.2, 0) is 115 Å². The molecule has 0 bridgehead atoms. The predicted octanol–water partition coefficient (Wildman–Crippen LogP) is 3.56. The molecule has 5 aliphatic rings. The fourth-order valence-electron chi connectivity index (χ4n) is 14.4. The molecule has 0 radical (unpaired) electrons. The van der Waals surface area contributed by atoms with E-state index in [1.165, 1.54) is 75.1 Å². The number of hydrogen-bond donors (Lipinski definition) is 6. The predicted molar refractivity (Wildman–Crippen MR) is 444 cm³/mol. The van der Waals surface area contributed by atoms with Gasteiger partial charge in [0.25, 0.3) is 23.6 Å². The molecule has 1 fully saturated rings. The number of imidazole rings is 2. The largest absolute Gasteiger partial charge is 0.501 e. The van der Waals surface area contributed by atoms with Crippen molar-refractivity contribution in [2.45, 2.75) is 113 Å². The Morgan fingerprint density at radius 2 is 1.13 bits per heavy atom. The molecule has 668 valence electrons. The summed E-state index contributed by atoms with van der Waals surface area (Å²) in [6, 6.07) is 20.9. The van der Waals surface area contributed by atoms with E-state index in [4.69, 9.17) is 70.5 Å². The van der Waals surface area contributed by atoms with Gasteiger partial charge in [0, 0.05) is 106 Å². The molecule has 1 saturated heterocycles. The maximum absolute atomic E-state index is 14.5. The molecule has 6 N–H and O–H groups in total. The number of aryl methyl sites for hydroxylation is 3. The normalized spacial score (nSPS) is 18.2. The molecule has 9 heterocycles. The first kappa shape index (κ1) is 90.1. The average Bonchev–Trinajstić information content (AvgIpc) is 1.61. The summed E-state index contributed by atoms with van der Waals surface area (Å²) >= 11 is 0. The van der Waals surface area contributed by atoms with Gasteiger partial charge in [-0.1, -0.05) is 22.9 Å². The van der Waals surface area contributed by atoms with E-state index in [9.17, 15) is 61.2 Å². The number of hydrogen-bond acceptors (Lipinski definition) is 33. The highest BCUT2D eigenvalue weighted by molar-refractivity contribution is 7.91. The highest BCUT2D eigenvalue weighted by atomic mass is 32.3. The van der Waals surface area contributed by atoms with Gasteiger partial charge in [0.15, 0.2) is 50.1 Å². The number of aliphatic hydroxyl groups excluding tert-OH is 4. The van der Waals surface area contributed by atoms with Crippen LogP contribution in [0.25, 0.3) is 0 Å². The Bertz CT molecular complexity index is 5580. The van der Waals surface area contributed by atoms with E-state index >= 15 is 0 Å². The van der Waals surface area contributed by atoms with Crippen molar-refractivity contribution < 1.29 is 122 Å². The fraction of sp³-hybridized carbons (Fsp3) is 0.405. The third-order valence-electron chi connectivity index (χ3n) is 21.1. The number of pyridine rings is 1. The lowest BCUT2D eigenvalue weighted by Gasteiger charge is -2.39. The third-order valence-corrected chi connectivity index (χ3v) is 23.7. The number of aliphatic hydroxyl groups is 4. The minimum Gasteiger partial charge on any atom is -0.493 e. The zero-order valence-corrected chi connectivity index (χ0v) is 70.9. The SMILES string of the molecule is COc1cc2c(cc1OCc1cc(COc3cc4c(cc3OC)C(=O)N3Cc5ncn(C)c5C[C@H]3C=N4)cc(OS(=O)(=O)Oc3cc(C(=O)NCCOCCOCCOCCn4cc(COCCOCCNC(=O)c5cncc(C(=O)CCS(=O)(=O)c6ccc(C)cc6)c5)nn4)ccc3OC3O[C@H](CO)[C@H](O)[C@H](O)[C@H]3O)c1)N=CC1Cc3c(ncn3C)CN1C2=O. The van der Waals surface area contributed by atoms with Crippen LogP contribution in [0.3, 0.4) is 0 Å². The second-order valence-electron chi connectivity index (χ2n) is 29.9. The van der Waals surface area contributed by atoms with E-state index in [0.717, 1.165) is 40.5 Å². The monoisotopic (exact) mass is 1780 g/mol. The summed E-state index contributed by atoms with van der Waals surface area (Å²) in [7, 11) is -2.43. The standard InChI is InChI=1S/C84H94N14O26S2/c1-50-6-9-60(10-7-50)125(108,109)25-12-69(100)54-29-55(38-85-37-54)81(105)87-14-17-115-23-24-118-47-56-41-96(93-92-56)15-18-116-20-22-117-21-19-114-16-13-86-80(104)53-8-11-70(121-84-79(103)78(102)77(101)76(44-99)122-84)75(30-53)124-126(110,111)123-59-27-51(45-119-73-35-63-61(33-71(73)112-4)82(106)97-42-65-67(94(2)48-90-65)31-57(97)39-88-63)26-52(28-59)46-120-74-36-64-62(34-72(74)113-5)83(107)98-43-66-68(95(3)49-91-66)32-58(98)40-89-64/h6-11,26-30,33-41,48-49,57-58,76-79,84,99,101-103H,12-25,31-32,42-47H2,1-5H3,(H,86,104)(H,87,105)/t57-,58?,76+,77-,78-,79+,84?/m0/s1. The molecule has 0 saturated carbocycles. The number of sulfone groups is 1. The summed E-state index contributed by atoms with van der Waals surface area (Å²) in [5, 5.41) is 55.9. The molecule has 2 unspecified atom stereocenters. The zero-order chi connectivity index (χ0) is 88.8. The molecule has 7 atom stereocenters. The maximum atomic E-state index is 14.5. The average molecular weight is 1780 g/mol. The number of nitrogens with zero attached hydrogens (tertiary/aromatic N) is 12. The number of amides is 4. The van der Waals surface area contributed by atoms with Crippen LogP contribution in [0.5, 0.6) is 40.2 Å². The number of ether oxygens (including phenoxy) is 11. The van der Waals surface area contributed by atoms with Crippen LogP contribution in [0.15, 0.2) is 137 Å². The molecule has 14 rings (SSSR count). The molecule has 9 aromatic rings. The number of aliphatic imine (C=N–C) groups is 2. The number of nitrogens with one attached hydrogen (secondary N) is 2. The fourth-order valence-corrected chi connectivity index (χ4v) is 16.3. The van der Waals surface area contributed by atoms with Gasteiger partial charge in [0.1, 0.15) is 49.1 Å². The Kier molecular flexibility index (Phi) is 29.2. The smallest absolute Gasteiger partial charge is 0.493 e. The molecule has 0 spiro atoms. The first-order valence-corrected chi connectivity index (χ1v) is 43.2. The number of aromatic nitrogens is 8. The number of Topliss-reactive ketones (excluding diaryl/α,β-unsaturated/α-hetero) is 1. The van der Waals surface area contributed by atoms with E-state index in [-0.39, 0.29) is 208 Å². The first-order chi connectivity index (χ1) is 60.8. The van der Waals surface area contributed by atoms with Crippen LogP contribution in [0.2, 0.25) is 0 Å². The van der Waals surface area contributed by atoms with Crippen molar-refractivity contribution in [3.63, 3.8) is 0 Å². The quantitative estimate of drug-likeness (QED) is 0.0235. The Morgan fingerprint density at radius 1 is 0.579 bits per heavy atom. The van der Waals surface area contributed by atoms with Gasteiger partial charge in [-0.3, -0.25) is 38.9 Å². The molecular formula is C84H94N14O26S2. The van der Waals surface area contributed by atoms with E-state index in [0.29, 0.717) is 43.1 Å². The summed E-state index contributed by atoms with van der Waals surface area (Å²) in [5.74, 6) is -3.54. The lowest BCUT2D eigenvalue weighted by Crippen LogP contribution is -2.60. The number of carbonyl (C=O) groups is 5. The van der Waals surface area contributed by atoms with Gasteiger partial charge >= 0.3 is 10.4 Å². The minimum atomic E-state index is -5.34. The van der Waals surface area contributed by atoms with Gasteiger partial charge < -0.3 is 110 Å². The van der Waals surface area contributed by atoms with Crippen molar-refractivity contribution >= 4 is 73.5 Å². The van der Waals surface area contributed by atoms with Crippen molar-refractivity contribution in [1.82, 2.24) is 59.5 Å². The number of benzene rings is 5. The molecule has 40 nitrogen and oxygen atoms in total. The van der Waals surface area contributed by atoms with E-state index in [1.807, 2.05) is 30.2 Å². The van der Waals surface area contributed by atoms with Crippen LogP contribution < -0.4 is 42.7 Å². The third kappa shape index (κ3) is 22.0. The molecule has 5 aromatic carbocycles. The Labute approximate surface area is 723 Å². The van der Waals surface area contributed by atoms with Crippen LogP contribution >= 0.6 is 0 Å². The highest BCUT2D eigenvalue weighted by Gasteiger charge is 2.46. The van der Waals surface area contributed by atoms with Crippen molar-refractivity contribution in [3.8, 4) is 40.2 Å². The van der Waals surface area contributed by atoms with Crippen molar-refractivity contribution in [2.24, 2.45) is 24.1 Å². The summed E-state index contributed by atoms with van der Waals surface area (Å²) in [6.07, 6.45) is 2.88. The molecule has 4 aromatic heterocycles.